The molecule has 0 aliphatic heterocycles. The predicted octanol–water partition coefficient (Wildman–Crippen LogP) is 14.4. The van der Waals surface area contributed by atoms with Crippen LogP contribution in [0.4, 0.5) is 0 Å². The van der Waals surface area contributed by atoms with Gasteiger partial charge in [-0.1, -0.05) is 125 Å². The Balaban J connectivity index is 0.929. The average molecular weight is 785 g/mol. The number of thiophene rings is 1. The first-order valence-corrected chi connectivity index (χ1v) is 21.3. The highest BCUT2D eigenvalue weighted by Crippen LogP contribution is 2.45. The number of hydrogen-bond donors (Lipinski definition) is 0. The van der Waals surface area contributed by atoms with Gasteiger partial charge in [0.1, 0.15) is 11.2 Å². The van der Waals surface area contributed by atoms with E-state index in [-0.39, 0.29) is 0 Å². The van der Waals surface area contributed by atoms with Crippen LogP contribution in [0.2, 0.25) is 0 Å². The molecule has 0 spiro atoms. The largest absolute Gasteiger partial charge is 0.456 e. The Morgan fingerprint density at radius 1 is 0.517 bits per heavy atom. The van der Waals surface area contributed by atoms with Gasteiger partial charge in [0, 0.05) is 30.9 Å². The van der Waals surface area contributed by atoms with Gasteiger partial charge in [0.05, 0.1) is 16.7 Å². The average Bonchev–Trinajstić information content (AvgIpc) is 3.89. The third-order valence-corrected chi connectivity index (χ3v) is 13.6. The maximum Gasteiger partial charge on any atom is 0.308 e. The van der Waals surface area contributed by atoms with E-state index < -0.39 is 0 Å². The highest BCUT2D eigenvalue weighted by atomic mass is 32.1. The lowest BCUT2D eigenvalue weighted by molar-refractivity contribution is -0.359. The van der Waals surface area contributed by atoms with Crippen molar-refractivity contribution in [1.82, 2.24) is 9.97 Å². The number of aromatic nitrogens is 3. The fraction of sp³-hybridized carbons (Fsp3) is 0.0364. The first-order valence-electron chi connectivity index (χ1n) is 20.5. The van der Waals surface area contributed by atoms with Gasteiger partial charge < -0.3 is 4.42 Å². The SMILES string of the molecule is C1=Cc2ccc3ccc(-c4ccc5oc6cccc(-c7ccc(-c8nc(-c9ccccc9)nc(-c9cccc%10sc%11ccccc%11c9%10)[nH+]8)cc7)c6c5c4)c4c3c2C(=CC4)C1. The van der Waals surface area contributed by atoms with E-state index in [1.54, 1.807) is 0 Å². The second-order valence-corrected chi connectivity index (χ2v) is 16.9. The van der Waals surface area contributed by atoms with Crippen LogP contribution in [0.1, 0.15) is 23.1 Å². The van der Waals surface area contributed by atoms with Crippen LogP contribution in [0.5, 0.6) is 0 Å². The summed E-state index contributed by atoms with van der Waals surface area (Å²) in [5.74, 6) is 2.23. The van der Waals surface area contributed by atoms with Crippen molar-refractivity contribution in [2.45, 2.75) is 12.8 Å². The topological polar surface area (TPSA) is 53.1 Å². The molecular weight excluding hydrogens is 751 g/mol. The Morgan fingerprint density at radius 3 is 2.23 bits per heavy atom. The molecule has 1 N–H and O–H groups in total. The van der Waals surface area contributed by atoms with Crippen LogP contribution in [0.15, 0.2) is 174 Å². The van der Waals surface area contributed by atoms with Gasteiger partial charge in [-0.15, -0.1) is 11.3 Å². The van der Waals surface area contributed by atoms with Gasteiger partial charge in [-0.3, -0.25) is 0 Å². The predicted molar refractivity (Wildman–Crippen MR) is 249 cm³/mol. The van der Waals surface area contributed by atoms with E-state index in [1.165, 1.54) is 64.3 Å². The second kappa shape index (κ2) is 13.0. The summed E-state index contributed by atoms with van der Waals surface area (Å²) < 4.78 is 9.03. The number of aromatic amines is 1. The lowest BCUT2D eigenvalue weighted by Crippen LogP contribution is -2.17. The molecule has 0 bridgehead atoms. The molecule has 11 aromatic rings. The van der Waals surface area contributed by atoms with E-state index in [2.05, 4.69) is 163 Å². The number of hydrogen-bond acceptors (Lipinski definition) is 4. The van der Waals surface area contributed by atoms with Crippen LogP contribution >= 0.6 is 11.3 Å². The third kappa shape index (κ3) is 5.12. The van der Waals surface area contributed by atoms with Gasteiger partial charge in [-0.05, 0) is 129 Å². The molecule has 0 atom stereocenters. The van der Waals surface area contributed by atoms with Gasteiger partial charge in [0.2, 0.25) is 0 Å². The van der Waals surface area contributed by atoms with Crippen molar-refractivity contribution in [3.63, 3.8) is 0 Å². The first kappa shape index (κ1) is 33.5. The zero-order valence-electron chi connectivity index (χ0n) is 32.4. The molecule has 60 heavy (non-hydrogen) atoms. The first-order chi connectivity index (χ1) is 29.7. The lowest BCUT2D eigenvalue weighted by Gasteiger charge is -2.25. The molecule has 0 amide bonds. The van der Waals surface area contributed by atoms with Crippen molar-refractivity contribution < 1.29 is 9.40 Å². The highest BCUT2D eigenvalue weighted by molar-refractivity contribution is 7.25. The fourth-order valence-corrected chi connectivity index (χ4v) is 10.8. The molecule has 4 nitrogen and oxygen atoms in total. The molecular formula is C55H34N3OS+. The molecule has 3 heterocycles. The summed E-state index contributed by atoms with van der Waals surface area (Å²) in [6.45, 7) is 0. The second-order valence-electron chi connectivity index (χ2n) is 15.8. The quantitative estimate of drug-likeness (QED) is 0.175. The molecule has 2 aliphatic rings. The third-order valence-electron chi connectivity index (χ3n) is 12.5. The fourth-order valence-electron chi connectivity index (χ4n) is 9.70. The van der Waals surface area contributed by atoms with Crippen molar-refractivity contribution in [2.75, 3.05) is 0 Å². The molecule has 0 fully saturated rings. The van der Waals surface area contributed by atoms with E-state index >= 15 is 0 Å². The van der Waals surface area contributed by atoms with E-state index in [0.29, 0.717) is 5.82 Å². The Morgan fingerprint density at radius 2 is 1.30 bits per heavy atom. The summed E-state index contributed by atoms with van der Waals surface area (Å²) >= 11 is 1.81. The van der Waals surface area contributed by atoms with Crippen molar-refractivity contribution in [1.29, 1.82) is 0 Å². The van der Waals surface area contributed by atoms with Crippen molar-refractivity contribution >= 4 is 75.9 Å². The summed E-state index contributed by atoms with van der Waals surface area (Å²) in [7, 11) is 0. The smallest absolute Gasteiger partial charge is 0.308 e. The van der Waals surface area contributed by atoms with Crippen LogP contribution in [-0.2, 0) is 6.42 Å². The molecule has 8 aromatic carbocycles. The molecule has 2 aliphatic carbocycles. The molecule has 5 heteroatoms. The van der Waals surface area contributed by atoms with Gasteiger partial charge in [0.15, 0.2) is 0 Å². The van der Waals surface area contributed by atoms with Gasteiger partial charge in [0.25, 0.3) is 11.6 Å². The van der Waals surface area contributed by atoms with Crippen molar-refractivity contribution in [2.24, 2.45) is 0 Å². The van der Waals surface area contributed by atoms with Crippen LogP contribution < -0.4 is 4.98 Å². The number of allylic oxidation sites excluding steroid dienone is 3. The number of fused-ring (bicyclic) bond motifs is 6. The zero-order chi connectivity index (χ0) is 39.3. The minimum Gasteiger partial charge on any atom is -0.456 e. The molecule has 280 valence electrons. The molecule has 0 saturated carbocycles. The van der Waals surface area contributed by atoms with E-state index in [9.17, 15) is 0 Å². The number of nitrogens with zero attached hydrogens (tertiary/aromatic N) is 2. The summed E-state index contributed by atoms with van der Waals surface area (Å²) in [6.07, 6.45) is 8.95. The van der Waals surface area contributed by atoms with E-state index in [4.69, 9.17) is 14.4 Å². The molecule has 0 saturated heterocycles. The Kier molecular flexibility index (Phi) is 7.27. The molecule has 0 radical (unpaired) electrons. The zero-order valence-corrected chi connectivity index (χ0v) is 33.2. The minimum absolute atomic E-state index is 0.680. The summed E-state index contributed by atoms with van der Waals surface area (Å²) in [4.78, 5) is 13.9. The molecule has 3 aromatic heterocycles. The van der Waals surface area contributed by atoms with Crippen LogP contribution in [0.25, 0.3) is 121 Å². The Labute approximate surface area is 349 Å². The minimum atomic E-state index is 0.680. The number of rotatable bonds is 5. The van der Waals surface area contributed by atoms with Gasteiger partial charge in [-0.2, -0.15) is 0 Å². The normalized spacial score (nSPS) is 13.2. The number of nitrogens with one attached hydrogen (secondary N) is 1. The summed E-state index contributed by atoms with van der Waals surface area (Å²) in [5, 5.41) is 7.41. The standard InChI is InChI=1S/C55H33N3OS/c1-2-9-36(10-3-1)53-56-54(58-55(57-53)43-15-8-18-48-52(43)42-13-4-5-17-47(42)60-48)37-23-19-32(20-24-37)40-14-7-16-46-51(40)44-31-38(27-30-45(44)59-46)39-28-25-35-22-21-33-11-6-12-34-26-29-41(39)50(35)49(33)34/h1-11,13-28,30-31H,12,29H2/p+1. The maximum absolute atomic E-state index is 6.53. The van der Waals surface area contributed by atoms with E-state index in [1.807, 2.05) is 29.5 Å². The van der Waals surface area contributed by atoms with Crippen LogP contribution in [-0.4, -0.2) is 9.97 Å². The summed E-state index contributed by atoms with van der Waals surface area (Å²) in [6, 6.07) is 56.3. The van der Waals surface area contributed by atoms with Crippen molar-refractivity contribution in [3.05, 3.63) is 187 Å². The Bertz CT molecular complexity index is 3650. The lowest BCUT2D eigenvalue weighted by atomic mass is 9.79. The van der Waals surface area contributed by atoms with Crippen molar-refractivity contribution in [3.8, 4) is 56.4 Å². The maximum atomic E-state index is 6.53. The highest BCUT2D eigenvalue weighted by Gasteiger charge is 2.25. The number of furan rings is 1. The van der Waals surface area contributed by atoms with Crippen LogP contribution in [0, 0.1) is 0 Å². The monoisotopic (exact) mass is 784 g/mol. The molecule has 0 unspecified atom stereocenters. The molecule has 13 rings (SSSR count). The number of benzene rings is 8. The number of H-pyrrole nitrogens is 1. The Hall–Kier alpha value is -7.47. The van der Waals surface area contributed by atoms with Crippen LogP contribution in [0.3, 0.4) is 0 Å². The van der Waals surface area contributed by atoms with Gasteiger partial charge in [-0.25, -0.2) is 4.98 Å². The summed E-state index contributed by atoms with van der Waals surface area (Å²) in [5.41, 5.74) is 15.1. The van der Waals surface area contributed by atoms with Gasteiger partial charge >= 0.3 is 5.82 Å². The van der Waals surface area contributed by atoms with E-state index in [0.717, 1.165) is 74.2 Å².